The van der Waals surface area contributed by atoms with Gasteiger partial charge in [0.15, 0.2) is 0 Å². The molecule has 0 aliphatic carbocycles. The van der Waals surface area contributed by atoms with Gasteiger partial charge >= 0.3 is 11.9 Å². The average Bonchev–Trinajstić information content (AvgIpc) is 2.35. The fourth-order valence-electron chi connectivity index (χ4n) is 1.28. The lowest BCUT2D eigenvalue weighted by Gasteiger charge is -2.07. The molecule has 0 bridgehead atoms. The fraction of sp³-hybridized carbons (Fsp3) is 0.0833. The van der Waals surface area contributed by atoms with Crippen LogP contribution in [0.1, 0.15) is 20.7 Å². The maximum absolute atomic E-state index is 11.5. The van der Waals surface area contributed by atoms with Gasteiger partial charge < -0.3 is 15.5 Å². The number of nitrogens with one attached hydrogen (secondary N) is 1. The van der Waals surface area contributed by atoms with E-state index >= 15 is 0 Å². The number of hydrogen-bond donors (Lipinski definition) is 3. The van der Waals surface area contributed by atoms with E-state index in [-0.39, 0.29) is 28.5 Å². The molecule has 0 spiro atoms. The van der Waals surface area contributed by atoms with E-state index in [1.54, 1.807) is 0 Å². The molecule has 0 atom stereocenters. The van der Waals surface area contributed by atoms with Gasteiger partial charge in [-0.25, -0.2) is 9.59 Å². The molecule has 0 saturated carbocycles. The number of carbonyl (C=O) groups is 3. The number of hydrogen-bond acceptors (Lipinski definition) is 4. The Morgan fingerprint density at radius 3 is 2.11 bits per heavy atom. The molecule has 0 heterocycles. The predicted octanol–water partition coefficient (Wildman–Crippen LogP) is 1.90. The number of thioether (sulfide) groups is 1. The highest BCUT2D eigenvalue weighted by Gasteiger charge is 2.12. The van der Waals surface area contributed by atoms with Crippen LogP contribution in [-0.4, -0.2) is 33.8 Å². The van der Waals surface area contributed by atoms with E-state index in [0.717, 1.165) is 6.07 Å². The van der Waals surface area contributed by atoms with Gasteiger partial charge in [0.1, 0.15) is 0 Å². The van der Waals surface area contributed by atoms with Gasteiger partial charge in [-0.1, -0.05) is 6.58 Å². The lowest BCUT2D eigenvalue weighted by atomic mass is 10.1. The summed E-state index contributed by atoms with van der Waals surface area (Å²) in [6.45, 7) is 3.44. The number of amides is 1. The number of aromatic carboxylic acids is 2. The summed E-state index contributed by atoms with van der Waals surface area (Å²) in [6, 6.07) is 3.43. The molecule has 1 amide bonds. The highest BCUT2D eigenvalue weighted by molar-refractivity contribution is 8.02. The fourth-order valence-corrected chi connectivity index (χ4v) is 1.62. The van der Waals surface area contributed by atoms with Gasteiger partial charge in [-0.15, -0.1) is 11.8 Å². The molecule has 1 aromatic carbocycles. The number of carbonyl (C=O) groups excluding carboxylic acids is 1. The lowest BCUT2D eigenvalue weighted by Crippen LogP contribution is -2.15. The van der Waals surface area contributed by atoms with Crippen LogP contribution in [-0.2, 0) is 4.79 Å². The summed E-state index contributed by atoms with van der Waals surface area (Å²) in [7, 11) is 0. The zero-order valence-corrected chi connectivity index (χ0v) is 10.6. The van der Waals surface area contributed by atoms with E-state index in [1.165, 1.54) is 29.3 Å². The van der Waals surface area contributed by atoms with E-state index in [1.807, 2.05) is 0 Å². The largest absolute Gasteiger partial charge is 0.478 e. The van der Waals surface area contributed by atoms with Gasteiger partial charge in [0.25, 0.3) is 0 Å². The first-order valence-electron chi connectivity index (χ1n) is 5.08. The molecule has 0 aliphatic rings. The zero-order valence-electron chi connectivity index (χ0n) is 9.75. The van der Waals surface area contributed by atoms with Crippen molar-refractivity contribution in [3.63, 3.8) is 0 Å². The molecule has 0 saturated heterocycles. The topological polar surface area (TPSA) is 104 Å². The normalized spacial score (nSPS) is 9.68. The molecule has 3 N–H and O–H groups in total. The molecule has 100 valence electrons. The maximum atomic E-state index is 11.5. The first-order chi connectivity index (χ1) is 8.93. The van der Waals surface area contributed by atoms with E-state index in [9.17, 15) is 14.4 Å². The SMILES string of the molecule is C=CSCC(=O)Nc1cc(C(=O)O)cc(C(=O)O)c1. The first-order valence-corrected chi connectivity index (χ1v) is 6.13. The number of anilines is 1. The Hall–Kier alpha value is -2.28. The van der Waals surface area contributed by atoms with Crippen molar-refractivity contribution < 1.29 is 24.6 Å². The second-order valence-electron chi connectivity index (χ2n) is 3.44. The van der Waals surface area contributed by atoms with E-state index in [0.29, 0.717) is 0 Å². The minimum atomic E-state index is -1.26. The zero-order chi connectivity index (χ0) is 14.4. The molecule has 0 fully saturated rings. The van der Waals surface area contributed by atoms with Gasteiger partial charge in [0, 0.05) is 5.69 Å². The van der Waals surface area contributed by atoms with Gasteiger partial charge in [-0.05, 0) is 23.6 Å². The Labute approximate surface area is 113 Å². The summed E-state index contributed by atoms with van der Waals surface area (Å²) in [5.41, 5.74) is -0.273. The minimum Gasteiger partial charge on any atom is -0.478 e. The van der Waals surface area contributed by atoms with Crippen LogP contribution in [0.5, 0.6) is 0 Å². The molecule has 0 aromatic heterocycles. The molecular weight excluding hydrogens is 270 g/mol. The van der Waals surface area contributed by atoms with Gasteiger partial charge in [-0.3, -0.25) is 4.79 Å². The smallest absolute Gasteiger partial charge is 0.335 e. The number of rotatable bonds is 6. The van der Waals surface area contributed by atoms with Crippen molar-refractivity contribution in [3.8, 4) is 0 Å². The van der Waals surface area contributed by atoms with Crippen molar-refractivity contribution in [1.29, 1.82) is 0 Å². The van der Waals surface area contributed by atoms with Crippen LogP contribution in [0, 0.1) is 0 Å². The van der Waals surface area contributed by atoms with Crippen molar-refractivity contribution in [2.24, 2.45) is 0 Å². The molecular formula is C12H11NO5S. The Bertz CT molecular complexity index is 509. The molecule has 6 nitrogen and oxygen atoms in total. The van der Waals surface area contributed by atoms with E-state index in [2.05, 4.69) is 11.9 Å². The molecule has 0 unspecified atom stereocenters. The highest BCUT2D eigenvalue weighted by atomic mass is 32.2. The predicted molar refractivity (Wildman–Crippen MR) is 71.6 cm³/mol. The Balaban J connectivity index is 2.99. The van der Waals surface area contributed by atoms with Gasteiger partial charge in [0.05, 0.1) is 16.9 Å². The quantitative estimate of drug-likeness (QED) is 0.735. The Morgan fingerprint density at radius 2 is 1.68 bits per heavy atom. The summed E-state index contributed by atoms with van der Waals surface area (Å²) in [4.78, 5) is 33.2. The van der Waals surface area contributed by atoms with Crippen molar-refractivity contribution >= 4 is 35.3 Å². The standard InChI is InChI=1S/C12H11NO5S/c1-2-19-6-10(14)13-9-4-7(11(15)16)3-8(5-9)12(17)18/h2-5H,1,6H2,(H,13,14)(H,15,16)(H,17,18). The summed E-state index contributed by atoms with van der Waals surface area (Å²) >= 11 is 1.18. The monoisotopic (exact) mass is 281 g/mol. The van der Waals surface area contributed by atoms with Crippen LogP contribution in [0.15, 0.2) is 30.2 Å². The Kier molecular flexibility index (Phi) is 5.13. The average molecular weight is 281 g/mol. The molecule has 7 heteroatoms. The first kappa shape index (κ1) is 14.8. The van der Waals surface area contributed by atoms with Crippen LogP contribution < -0.4 is 5.32 Å². The van der Waals surface area contributed by atoms with Gasteiger partial charge in [0.2, 0.25) is 5.91 Å². The van der Waals surface area contributed by atoms with Crippen LogP contribution in [0.4, 0.5) is 5.69 Å². The Morgan fingerprint density at radius 1 is 1.16 bits per heavy atom. The second kappa shape index (κ2) is 6.60. The third kappa shape index (κ3) is 4.47. The van der Waals surface area contributed by atoms with E-state index in [4.69, 9.17) is 10.2 Å². The molecule has 0 aliphatic heterocycles. The maximum Gasteiger partial charge on any atom is 0.335 e. The molecule has 1 rings (SSSR count). The summed E-state index contributed by atoms with van der Waals surface area (Å²) < 4.78 is 0. The third-order valence-corrected chi connectivity index (χ3v) is 2.71. The van der Waals surface area contributed by atoms with Crippen LogP contribution in [0.3, 0.4) is 0 Å². The lowest BCUT2D eigenvalue weighted by molar-refractivity contribution is -0.113. The molecule has 1 aromatic rings. The van der Waals surface area contributed by atoms with Crippen molar-refractivity contribution in [2.45, 2.75) is 0 Å². The van der Waals surface area contributed by atoms with Gasteiger partial charge in [-0.2, -0.15) is 0 Å². The summed E-state index contributed by atoms with van der Waals surface area (Å²) in [6.07, 6.45) is 0. The van der Waals surface area contributed by atoms with Crippen molar-refractivity contribution in [1.82, 2.24) is 0 Å². The summed E-state index contributed by atoms with van der Waals surface area (Å²) in [5, 5.41) is 21.7. The van der Waals surface area contributed by atoms with Crippen molar-refractivity contribution in [3.05, 3.63) is 41.3 Å². The molecule has 19 heavy (non-hydrogen) atoms. The number of carboxylic acid groups (broad SMARTS) is 2. The van der Waals surface area contributed by atoms with Crippen LogP contribution in [0.2, 0.25) is 0 Å². The highest BCUT2D eigenvalue weighted by Crippen LogP contribution is 2.16. The molecule has 0 radical (unpaired) electrons. The summed E-state index contributed by atoms with van der Waals surface area (Å²) in [5.74, 6) is -2.79. The second-order valence-corrected chi connectivity index (χ2v) is 4.39. The van der Waals surface area contributed by atoms with Crippen molar-refractivity contribution in [2.75, 3.05) is 11.1 Å². The number of carboxylic acids is 2. The third-order valence-electron chi connectivity index (χ3n) is 2.04. The van der Waals surface area contributed by atoms with E-state index < -0.39 is 11.9 Å². The minimum absolute atomic E-state index is 0.114. The van der Waals surface area contributed by atoms with Crippen LogP contribution in [0.25, 0.3) is 0 Å². The van der Waals surface area contributed by atoms with Crippen LogP contribution >= 0.6 is 11.8 Å². The number of benzene rings is 1.